The summed E-state index contributed by atoms with van der Waals surface area (Å²) in [5.74, 6) is 0.500. The van der Waals surface area contributed by atoms with Gasteiger partial charge >= 0.3 is 0 Å². The number of hydrogen-bond donors (Lipinski definition) is 3. The number of nitrogens with zero attached hydrogens (tertiary/aromatic N) is 1. The average molecular weight is 266 g/mol. The minimum atomic E-state index is 0.135. The van der Waals surface area contributed by atoms with Crippen molar-refractivity contribution in [2.24, 2.45) is 11.7 Å². The van der Waals surface area contributed by atoms with E-state index in [0.717, 1.165) is 12.0 Å². The van der Waals surface area contributed by atoms with Crippen LogP contribution in [-0.4, -0.2) is 22.7 Å². The molecule has 0 saturated heterocycles. The molecule has 1 aromatic rings. The van der Waals surface area contributed by atoms with E-state index in [2.05, 4.69) is 29.5 Å². The average Bonchev–Trinajstić information content (AvgIpc) is 2.42. The van der Waals surface area contributed by atoms with Crippen molar-refractivity contribution in [1.82, 2.24) is 15.6 Å². The maximum absolute atomic E-state index is 6.03. The summed E-state index contributed by atoms with van der Waals surface area (Å²) < 4.78 is 0. The molecule has 4 nitrogen and oxygen atoms in total. The molecule has 2 atom stereocenters. The van der Waals surface area contributed by atoms with Crippen LogP contribution < -0.4 is 16.4 Å². The van der Waals surface area contributed by atoms with Crippen LogP contribution >= 0.6 is 12.2 Å². The molecular formula is C13H22N4S. The Morgan fingerprint density at radius 3 is 2.67 bits per heavy atom. The Bertz CT molecular complexity index is 355. The topological polar surface area (TPSA) is 63.0 Å². The standard InChI is InChI=1S/C13H22N4S/c1-3-10(2)12(14)9-17-13(18)16-8-11-4-6-15-7-5-11/h4-7,10,12H,3,8-9,14H2,1-2H3,(H2,16,17,18)/t10?,12-/m1/s1. The van der Waals surface area contributed by atoms with E-state index in [1.807, 2.05) is 12.1 Å². The molecule has 0 spiro atoms. The fourth-order valence-electron chi connectivity index (χ4n) is 1.46. The summed E-state index contributed by atoms with van der Waals surface area (Å²) in [4.78, 5) is 3.97. The van der Waals surface area contributed by atoms with E-state index >= 15 is 0 Å². The molecule has 1 rings (SSSR count). The molecule has 100 valence electrons. The van der Waals surface area contributed by atoms with Crippen LogP contribution in [0.15, 0.2) is 24.5 Å². The smallest absolute Gasteiger partial charge is 0.166 e. The van der Waals surface area contributed by atoms with Gasteiger partial charge < -0.3 is 16.4 Å². The fraction of sp³-hybridized carbons (Fsp3) is 0.538. The van der Waals surface area contributed by atoms with E-state index in [9.17, 15) is 0 Å². The third kappa shape index (κ3) is 5.42. The van der Waals surface area contributed by atoms with Gasteiger partial charge in [0.25, 0.3) is 0 Å². The van der Waals surface area contributed by atoms with Crippen LogP contribution in [0.4, 0.5) is 0 Å². The van der Waals surface area contributed by atoms with E-state index in [1.54, 1.807) is 12.4 Å². The second-order valence-electron chi connectivity index (χ2n) is 4.47. The van der Waals surface area contributed by atoms with Crippen molar-refractivity contribution in [1.29, 1.82) is 0 Å². The molecule has 1 aromatic heterocycles. The highest BCUT2D eigenvalue weighted by Crippen LogP contribution is 2.03. The summed E-state index contributed by atoms with van der Waals surface area (Å²) in [6.45, 7) is 5.70. The molecule has 0 amide bonds. The van der Waals surface area contributed by atoms with Gasteiger partial charge in [-0.15, -0.1) is 0 Å². The number of pyridine rings is 1. The highest BCUT2D eigenvalue weighted by Gasteiger charge is 2.10. The third-order valence-corrected chi connectivity index (χ3v) is 3.36. The Hall–Kier alpha value is -1.20. The first-order chi connectivity index (χ1) is 8.63. The van der Waals surface area contributed by atoms with Crippen LogP contribution in [0.25, 0.3) is 0 Å². The zero-order valence-corrected chi connectivity index (χ0v) is 11.8. The van der Waals surface area contributed by atoms with Crippen molar-refractivity contribution in [2.75, 3.05) is 6.54 Å². The van der Waals surface area contributed by atoms with Gasteiger partial charge in [0.15, 0.2) is 5.11 Å². The summed E-state index contributed by atoms with van der Waals surface area (Å²) in [6, 6.07) is 4.05. The minimum Gasteiger partial charge on any atom is -0.361 e. The molecule has 1 unspecified atom stereocenters. The van der Waals surface area contributed by atoms with Crippen LogP contribution in [0.2, 0.25) is 0 Å². The van der Waals surface area contributed by atoms with Crippen LogP contribution in [0.3, 0.4) is 0 Å². The molecule has 0 saturated carbocycles. The summed E-state index contributed by atoms with van der Waals surface area (Å²) in [7, 11) is 0. The summed E-state index contributed by atoms with van der Waals surface area (Å²) in [5, 5.41) is 6.94. The van der Waals surface area contributed by atoms with Gasteiger partial charge in [0.2, 0.25) is 0 Å². The molecule has 0 aliphatic rings. The number of thiocarbonyl (C=S) groups is 1. The van der Waals surface area contributed by atoms with Gasteiger partial charge in [-0.3, -0.25) is 4.98 Å². The van der Waals surface area contributed by atoms with E-state index in [0.29, 0.717) is 24.1 Å². The predicted octanol–water partition coefficient (Wildman–Crippen LogP) is 1.42. The Balaban J connectivity index is 2.22. The molecule has 0 fully saturated rings. The van der Waals surface area contributed by atoms with Gasteiger partial charge in [0.05, 0.1) is 0 Å². The van der Waals surface area contributed by atoms with Crippen LogP contribution in [-0.2, 0) is 6.54 Å². The lowest BCUT2D eigenvalue weighted by atomic mass is 10.0. The number of rotatable bonds is 6. The van der Waals surface area contributed by atoms with Gasteiger partial charge in [0, 0.05) is 31.5 Å². The number of nitrogens with two attached hydrogens (primary N) is 1. The van der Waals surface area contributed by atoms with E-state index in [4.69, 9.17) is 18.0 Å². The molecule has 0 aromatic carbocycles. The summed E-state index contributed by atoms with van der Waals surface area (Å²) in [5.41, 5.74) is 7.18. The Morgan fingerprint density at radius 1 is 1.39 bits per heavy atom. The molecule has 1 heterocycles. The number of aromatic nitrogens is 1. The quantitative estimate of drug-likeness (QED) is 0.680. The van der Waals surface area contributed by atoms with Crippen LogP contribution in [0.5, 0.6) is 0 Å². The second kappa shape index (κ2) is 8.00. The minimum absolute atomic E-state index is 0.135. The van der Waals surface area contributed by atoms with Crippen molar-refractivity contribution < 1.29 is 0 Å². The van der Waals surface area contributed by atoms with Gasteiger partial charge in [-0.05, 0) is 35.8 Å². The number of nitrogens with one attached hydrogen (secondary N) is 2. The molecule has 0 bridgehead atoms. The first-order valence-corrected chi connectivity index (χ1v) is 6.70. The molecule has 0 radical (unpaired) electrons. The largest absolute Gasteiger partial charge is 0.361 e. The molecular weight excluding hydrogens is 244 g/mol. The molecule has 4 N–H and O–H groups in total. The van der Waals surface area contributed by atoms with Gasteiger partial charge in [-0.1, -0.05) is 20.3 Å². The molecule has 5 heteroatoms. The summed E-state index contributed by atoms with van der Waals surface area (Å²) >= 11 is 5.20. The number of hydrogen-bond acceptors (Lipinski definition) is 3. The second-order valence-corrected chi connectivity index (χ2v) is 4.88. The van der Waals surface area contributed by atoms with Crippen molar-refractivity contribution >= 4 is 17.3 Å². The van der Waals surface area contributed by atoms with Gasteiger partial charge in [0.1, 0.15) is 0 Å². The normalized spacial score (nSPS) is 13.7. The Morgan fingerprint density at radius 2 is 2.06 bits per heavy atom. The molecule has 18 heavy (non-hydrogen) atoms. The van der Waals surface area contributed by atoms with Gasteiger partial charge in [-0.2, -0.15) is 0 Å². The Labute approximate surface area is 114 Å². The Kier molecular flexibility index (Phi) is 6.60. The third-order valence-electron chi connectivity index (χ3n) is 3.08. The summed E-state index contributed by atoms with van der Waals surface area (Å²) in [6.07, 6.45) is 4.62. The zero-order chi connectivity index (χ0) is 13.4. The first kappa shape index (κ1) is 14.9. The molecule has 0 aliphatic heterocycles. The lowest BCUT2D eigenvalue weighted by molar-refractivity contribution is 0.437. The van der Waals surface area contributed by atoms with E-state index in [-0.39, 0.29) is 6.04 Å². The zero-order valence-electron chi connectivity index (χ0n) is 11.0. The van der Waals surface area contributed by atoms with Crippen molar-refractivity contribution in [3.63, 3.8) is 0 Å². The fourth-order valence-corrected chi connectivity index (χ4v) is 1.62. The monoisotopic (exact) mass is 266 g/mol. The maximum Gasteiger partial charge on any atom is 0.166 e. The first-order valence-electron chi connectivity index (χ1n) is 6.29. The molecule has 0 aliphatic carbocycles. The van der Waals surface area contributed by atoms with Crippen LogP contribution in [0, 0.1) is 5.92 Å². The highest BCUT2D eigenvalue weighted by atomic mass is 32.1. The van der Waals surface area contributed by atoms with Crippen molar-refractivity contribution in [3.8, 4) is 0 Å². The highest BCUT2D eigenvalue weighted by molar-refractivity contribution is 7.80. The lowest BCUT2D eigenvalue weighted by Gasteiger charge is -2.20. The van der Waals surface area contributed by atoms with Crippen molar-refractivity contribution in [3.05, 3.63) is 30.1 Å². The lowest BCUT2D eigenvalue weighted by Crippen LogP contribution is -2.44. The van der Waals surface area contributed by atoms with Crippen LogP contribution in [0.1, 0.15) is 25.8 Å². The maximum atomic E-state index is 6.03. The van der Waals surface area contributed by atoms with E-state index < -0.39 is 0 Å². The van der Waals surface area contributed by atoms with E-state index in [1.165, 1.54) is 0 Å². The SMILES string of the molecule is CCC(C)[C@H](N)CNC(=S)NCc1ccncc1. The van der Waals surface area contributed by atoms with Gasteiger partial charge in [-0.25, -0.2) is 0 Å². The predicted molar refractivity (Wildman–Crippen MR) is 79.1 cm³/mol. The van der Waals surface area contributed by atoms with Crippen molar-refractivity contribution in [2.45, 2.75) is 32.9 Å².